The van der Waals surface area contributed by atoms with Crippen molar-refractivity contribution in [1.29, 1.82) is 0 Å². The van der Waals surface area contributed by atoms with Gasteiger partial charge in [0.05, 0.1) is 10.6 Å². The van der Waals surface area contributed by atoms with Gasteiger partial charge in [0.25, 0.3) is 10.0 Å². The zero-order valence-corrected chi connectivity index (χ0v) is 13.8. The first-order chi connectivity index (χ1) is 9.70. The van der Waals surface area contributed by atoms with E-state index in [4.69, 9.17) is 28.9 Å². The molecule has 0 amide bonds. The Morgan fingerprint density at radius 1 is 1.10 bits per heavy atom. The molecule has 0 unspecified atom stereocenters. The summed E-state index contributed by atoms with van der Waals surface area (Å²) in [6, 6.07) is 7.72. The average molecular weight is 345 g/mol. The Morgan fingerprint density at radius 3 is 2.38 bits per heavy atom. The van der Waals surface area contributed by atoms with E-state index in [1.165, 1.54) is 12.1 Å². The topological polar surface area (TPSA) is 72.2 Å². The number of nitrogens with one attached hydrogen (secondary N) is 1. The van der Waals surface area contributed by atoms with Crippen LogP contribution in [-0.4, -0.2) is 8.42 Å². The van der Waals surface area contributed by atoms with Gasteiger partial charge >= 0.3 is 0 Å². The van der Waals surface area contributed by atoms with Crippen LogP contribution in [0.4, 0.5) is 11.4 Å². The van der Waals surface area contributed by atoms with Crippen molar-refractivity contribution in [3.05, 3.63) is 51.5 Å². The largest absolute Gasteiger partial charge is 0.398 e. The number of hydrogen-bond donors (Lipinski definition) is 2. The van der Waals surface area contributed by atoms with Gasteiger partial charge in [-0.05, 0) is 49.2 Å². The Bertz CT molecular complexity index is 782. The quantitative estimate of drug-likeness (QED) is 0.826. The third-order valence-corrected chi connectivity index (χ3v) is 5.08. The minimum atomic E-state index is -3.79. The second kappa shape index (κ2) is 5.75. The van der Waals surface area contributed by atoms with Gasteiger partial charge in [-0.3, -0.25) is 4.72 Å². The lowest BCUT2D eigenvalue weighted by atomic mass is 10.2. The molecule has 0 aromatic heterocycles. The first-order valence-electron chi connectivity index (χ1n) is 6.05. The van der Waals surface area contributed by atoms with Crippen molar-refractivity contribution in [2.75, 3.05) is 10.5 Å². The van der Waals surface area contributed by atoms with Crippen molar-refractivity contribution in [2.24, 2.45) is 0 Å². The van der Waals surface area contributed by atoms with Crippen LogP contribution in [0.25, 0.3) is 0 Å². The molecule has 0 bridgehead atoms. The smallest absolute Gasteiger partial charge is 0.262 e. The van der Waals surface area contributed by atoms with E-state index in [1.807, 2.05) is 0 Å². The Balaban J connectivity index is 2.46. The zero-order valence-electron chi connectivity index (χ0n) is 11.4. The summed E-state index contributed by atoms with van der Waals surface area (Å²) in [5.41, 5.74) is 7.91. The summed E-state index contributed by atoms with van der Waals surface area (Å²) in [5.74, 6) is 0. The molecule has 2 rings (SSSR count). The Morgan fingerprint density at radius 2 is 1.76 bits per heavy atom. The van der Waals surface area contributed by atoms with Crippen molar-refractivity contribution in [1.82, 2.24) is 0 Å². The Kier molecular flexibility index (Phi) is 4.37. The summed E-state index contributed by atoms with van der Waals surface area (Å²) in [7, 11) is -3.79. The Labute approximate surface area is 133 Å². The van der Waals surface area contributed by atoms with Crippen molar-refractivity contribution in [2.45, 2.75) is 18.7 Å². The summed E-state index contributed by atoms with van der Waals surface area (Å²) < 4.78 is 27.3. The molecule has 0 fully saturated rings. The predicted octanol–water partition coefficient (Wildman–Crippen LogP) is 3.99. The highest BCUT2D eigenvalue weighted by Crippen LogP contribution is 2.28. The highest BCUT2D eigenvalue weighted by Gasteiger charge is 2.18. The van der Waals surface area contributed by atoms with Gasteiger partial charge < -0.3 is 5.73 Å². The SMILES string of the molecule is Cc1ccc(Cl)cc1NS(=O)(=O)c1cc(N)c(C)c(Cl)c1. The van der Waals surface area contributed by atoms with E-state index < -0.39 is 10.0 Å². The molecule has 0 spiro atoms. The summed E-state index contributed by atoms with van der Waals surface area (Å²) in [4.78, 5) is 0.00924. The van der Waals surface area contributed by atoms with E-state index in [9.17, 15) is 8.42 Å². The van der Waals surface area contributed by atoms with Crippen LogP contribution in [-0.2, 0) is 10.0 Å². The maximum absolute atomic E-state index is 12.4. The van der Waals surface area contributed by atoms with Crippen LogP contribution in [0.15, 0.2) is 35.2 Å². The van der Waals surface area contributed by atoms with E-state index in [0.717, 1.165) is 5.56 Å². The number of halogens is 2. The molecule has 0 aliphatic heterocycles. The third kappa shape index (κ3) is 3.43. The average Bonchev–Trinajstić information content (AvgIpc) is 2.39. The number of aryl methyl sites for hydroxylation is 1. The molecule has 21 heavy (non-hydrogen) atoms. The molecule has 0 radical (unpaired) electrons. The van der Waals surface area contributed by atoms with Gasteiger partial charge in [-0.15, -0.1) is 0 Å². The van der Waals surface area contributed by atoms with E-state index in [-0.39, 0.29) is 4.90 Å². The number of sulfonamides is 1. The lowest BCUT2D eigenvalue weighted by Gasteiger charge is -2.12. The number of hydrogen-bond acceptors (Lipinski definition) is 3. The van der Waals surface area contributed by atoms with Crippen LogP contribution in [0, 0.1) is 13.8 Å². The summed E-state index contributed by atoms with van der Waals surface area (Å²) in [6.45, 7) is 3.51. The fourth-order valence-electron chi connectivity index (χ4n) is 1.74. The molecule has 3 N–H and O–H groups in total. The molecule has 2 aromatic carbocycles. The van der Waals surface area contributed by atoms with Gasteiger partial charge in [-0.2, -0.15) is 0 Å². The van der Waals surface area contributed by atoms with Gasteiger partial charge in [-0.25, -0.2) is 8.42 Å². The third-order valence-electron chi connectivity index (χ3n) is 3.11. The molecule has 0 heterocycles. The van der Waals surface area contributed by atoms with Crippen molar-refractivity contribution >= 4 is 44.6 Å². The number of nitrogens with two attached hydrogens (primary N) is 1. The van der Waals surface area contributed by atoms with Gasteiger partial charge in [0.2, 0.25) is 0 Å². The van der Waals surface area contributed by atoms with Gasteiger partial charge in [0.15, 0.2) is 0 Å². The lowest BCUT2D eigenvalue weighted by molar-refractivity contribution is 0.601. The first kappa shape index (κ1) is 15.9. The van der Waals surface area contributed by atoms with Crippen molar-refractivity contribution in [3.63, 3.8) is 0 Å². The van der Waals surface area contributed by atoms with Crippen LogP contribution < -0.4 is 10.5 Å². The normalized spacial score (nSPS) is 11.4. The molecule has 0 aliphatic carbocycles. The molecular weight excluding hydrogens is 331 g/mol. The molecule has 7 heteroatoms. The highest BCUT2D eigenvalue weighted by molar-refractivity contribution is 7.92. The van der Waals surface area contributed by atoms with Crippen LogP contribution >= 0.6 is 23.2 Å². The highest BCUT2D eigenvalue weighted by atomic mass is 35.5. The first-order valence-corrected chi connectivity index (χ1v) is 8.29. The number of benzene rings is 2. The fraction of sp³-hybridized carbons (Fsp3) is 0.143. The van der Waals surface area contributed by atoms with E-state index >= 15 is 0 Å². The van der Waals surface area contributed by atoms with E-state index in [1.54, 1.807) is 32.0 Å². The Hall–Kier alpha value is -1.43. The van der Waals surface area contributed by atoms with Crippen LogP contribution in [0.5, 0.6) is 0 Å². The fourth-order valence-corrected chi connectivity index (χ4v) is 3.38. The molecule has 0 aliphatic rings. The van der Waals surface area contributed by atoms with Gasteiger partial charge in [-0.1, -0.05) is 29.3 Å². The van der Waals surface area contributed by atoms with Crippen LogP contribution in [0.3, 0.4) is 0 Å². The van der Waals surface area contributed by atoms with Crippen molar-refractivity contribution in [3.8, 4) is 0 Å². The number of rotatable bonds is 3. The summed E-state index contributed by atoms with van der Waals surface area (Å²) >= 11 is 11.9. The van der Waals surface area contributed by atoms with Gasteiger partial charge in [0.1, 0.15) is 0 Å². The molecule has 0 saturated carbocycles. The number of nitrogen functional groups attached to an aromatic ring is 1. The lowest BCUT2D eigenvalue weighted by Crippen LogP contribution is -2.14. The van der Waals surface area contributed by atoms with Crippen LogP contribution in [0.2, 0.25) is 10.0 Å². The van der Waals surface area contributed by atoms with E-state index in [0.29, 0.717) is 27.0 Å². The maximum atomic E-state index is 12.4. The van der Waals surface area contributed by atoms with E-state index in [2.05, 4.69) is 4.72 Å². The summed E-state index contributed by atoms with van der Waals surface area (Å²) in [6.07, 6.45) is 0. The monoisotopic (exact) mass is 344 g/mol. The maximum Gasteiger partial charge on any atom is 0.262 e. The second-order valence-corrected chi connectivity index (χ2v) is 7.21. The minimum absolute atomic E-state index is 0.00924. The van der Waals surface area contributed by atoms with Crippen molar-refractivity contribution < 1.29 is 8.42 Å². The number of anilines is 2. The zero-order chi connectivity index (χ0) is 15.8. The summed E-state index contributed by atoms with van der Waals surface area (Å²) in [5, 5.41) is 0.748. The van der Waals surface area contributed by atoms with Gasteiger partial charge in [0, 0.05) is 15.7 Å². The van der Waals surface area contributed by atoms with Crippen LogP contribution in [0.1, 0.15) is 11.1 Å². The standard InChI is InChI=1S/C14H14Cl2N2O2S/c1-8-3-4-10(15)5-14(8)18-21(19,20)11-6-12(16)9(2)13(17)7-11/h3-7,18H,17H2,1-2H3. The molecule has 4 nitrogen and oxygen atoms in total. The minimum Gasteiger partial charge on any atom is -0.398 e. The second-order valence-electron chi connectivity index (χ2n) is 4.68. The molecular formula is C14H14Cl2N2O2S. The predicted molar refractivity (Wildman–Crippen MR) is 87.6 cm³/mol. The molecule has 112 valence electrons. The molecule has 2 aromatic rings. The molecule has 0 atom stereocenters. The molecule has 0 saturated heterocycles.